The molecule has 1 unspecified atom stereocenters. The molecule has 1 fully saturated rings. The maximum atomic E-state index is 12.7. The first-order valence-corrected chi connectivity index (χ1v) is 8.76. The fraction of sp³-hybridized carbons (Fsp3) is 0.684. The monoisotopic (exact) mass is 325 g/mol. The summed E-state index contributed by atoms with van der Waals surface area (Å²) in [6.07, 6.45) is 3.57. The summed E-state index contributed by atoms with van der Waals surface area (Å²) < 4.78 is 30.1. The Morgan fingerprint density at radius 1 is 1.17 bits per heavy atom. The molecule has 1 aromatic rings. The Kier molecular flexibility index (Phi) is 6.25. The van der Waals surface area contributed by atoms with Crippen molar-refractivity contribution in [3.8, 4) is 5.75 Å². The summed E-state index contributed by atoms with van der Waals surface area (Å²) in [7, 11) is 0. The van der Waals surface area contributed by atoms with E-state index in [9.17, 15) is 8.78 Å². The molecule has 0 saturated carbocycles. The Labute approximate surface area is 138 Å². The Bertz CT molecular complexity index is 496. The van der Waals surface area contributed by atoms with Gasteiger partial charge in [0.25, 0.3) is 0 Å². The Balaban J connectivity index is 2.11. The van der Waals surface area contributed by atoms with E-state index in [4.69, 9.17) is 4.74 Å². The lowest BCUT2D eigenvalue weighted by Crippen LogP contribution is -2.35. The Morgan fingerprint density at radius 3 is 2.35 bits per heavy atom. The average Bonchev–Trinajstić information content (AvgIpc) is 2.53. The van der Waals surface area contributed by atoms with Crippen molar-refractivity contribution in [3.05, 3.63) is 23.8 Å². The van der Waals surface area contributed by atoms with Crippen LogP contribution in [0.25, 0.3) is 0 Å². The lowest BCUT2D eigenvalue weighted by Gasteiger charge is -2.36. The average molecular weight is 325 g/mol. The van der Waals surface area contributed by atoms with Crippen molar-refractivity contribution in [1.82, 2.24) is 0 Å². The van der Waals surface area contributed by atoms with Crippen molar-refractivity contribution in [2.45, 2.75) is 59.5 Å². The van der Waals surface area contributed by atoms with Crippen LogP contribution in [0.15, 0.2) is 18.2 Å². The fourth-order valence-corrected chi connectivity index (χ4v) is 3.45. The summed E-state index contributed by atoms with van der Waals surface area (Å²) in [6, 6.07) is 5.75. The van der Waals surface area contributed by atoms with Gasteiger partial charge in [0.2, 0.25) is 0 Å². The predicted molar refractivity (Wildman–Crippen MR) is 91.6 cm³/mol. The number of hydrogen-bond donors (Lipinski definition) is 0. The highest BCUT2D eigenvalue weighted by atomic mass is 19.3. The van der Waals surface area contributed by atoms with Gasteiger partial charge < -0.3 is 9.64 Å². The molecule has 1 saturated heterocycles. The van der Waals surface area contributed by atoms with Crippen LogP contribution in [0, 0.1) is 11.8 Å². The molecule has 4 heteroatoms. The molecule has 1 aromatic carbocycles. The van der Waals surface area contributed by atoms with Crippen LogP contribution < -0.4 is 9.64 Å². The van der Waals surface area contributed by atoms with Crippen molar-refractivity contribution >= 4 is 5.69 Å². The maximum Gasteiger partial charge on any atom is 0.387 e. The van der Waals surface area contributed by atoms with Gasteiger partial charge in [-0.1, -0.05) is 40.2 Å². The van der Waals surface area contributed by atoms with Crippen LogP contribution in [-0.2, 0) is 0 Å². The second-order valence-corrected chi connectivity index (χ2v) is 6.97. The third-order valence-corrected chi connectivity index (χ3v) is 5.19. The van der Waals surface area contributed by atoms with Gasteiger partial charge in [-0.3, -0.25) is 0 Å². The van der Waals surface area contributed by atoms with Crippen molar-refractivity contribution in [2.24, 2.45) is 11.8 Å². The van der Waals surface area contributed by atoms with E-state index in [1.807, 2.05) is 26.0 Å². The summed E-state index contributed by atoms with van der Waals surface area (Å²) in [6.45, 7) is 7.76. The van der Waals surface area contributed by atoms with E-state index in [0.29, 0.717) is 5.75 Å². The predicted octanol–water partition coefficient (Wildman–Crippen LogP) is 5.67. The van der Waals surface area contributed by atoms with E-state index in [2.05, 4.69) is 18.7 Å². The lowest BCUT2D eigenvalue weighted by molar-refractivity contribution is -0.0505. The molecule has 1 aliphatic rings. The van der Waals surface area contributed by atoms with Crippen LogP contribution >= 0.6 is 0 Å². The van der Waals surface area contributed by atoms with E-state index in [0.717, 1.165) is 36.2 Å². The van der Waals surface area contributed by atoms with Gasteiger partial charge in [-0.25, -0.2) is 0 Å². The molecule has 1 heterocycles. The van der Waals surface area contributed by atoms with Crippen molar-refractivity contribution in [2.75, 3.05) is 18.0 Å². The molecule has 0 amide bonds. The smallest absolute Gasteiger partial charge is 0.387 e. The molecular weight excluding hydrogens is 296 g/mol. The van der Waals surface area contributed by atoms with Crippen LogP contribution in [-0.4, -0.2) is 19.7 Å². The van der Waals surface area contributed by atoms with E-state index in [-0.39, 0.29) is 5.92 Å². The molecule has 2 rings (SSSR count). The summed E-state index contributed by atoms with van der Waals surface area (Å²) in [5.41, 5.74) is 1.83. The van der Waals surface area contributed by atoms with Gasteiger partial charge in [-0.05, 0) is 42.2 Å². The fourth-order valence-electron chi connectivity index (χ4n) is 3.45. The Morgan fingerprint density at radius 2 is 1.83 bits per heavy atom. The van der Waals surface area contributed by atoms with Crippen molar-refractivity contribution in [1.29, 1.82) is 0 Å². The van der Waals surface area contributed by atoms with Crippen LogP contribution in [0.3, 0.4) is 0 Å². The van der Waals surface area contributed by atoms with Crippen LogP contribution in [0.4, 0.5) is 14.5 Å². The zero-order chi connectivity index (χ0) is 17.0. The molecule has 0 bridgehead atoms. The molecule has 0 aromatic heterocycles. The molecule has 0 aliphatic carbocycles. The molecule has 130 valence electrons. The highest BCUT2D eigenvalue weighted by Gasteiger charge is 2.24. The molecule has 1 atom stereocenters. The Hall–Kier alpha value is -1.32. The first-order chi connectivity index (χ1) is 10.9. The molecule has 1 aliphatic heterocycles. The summed E-state index contributed by atoms with van der Waals surface area (Å²) in [4.78, 5) is 2.29. The number of ether oxygens (including phenoxy) is 1. The minimum Gasteiger partial charge on any atom is -0.434 e. The van der Waals surface area contributed by atoms with Crippen LogP contribution in [0.1, 0.15) is 58.4 Å². The molecule has 0 spiro atoms. The molecule has 23 heavy (non-hydrogen) atoms. The first kappa shape index (κ1) is 18.0. The minimum atomic E-state index is -2.78. The SMILES string of the molecule is CCC(C)C1CCN(c2ccc(C(C)C)c(OC(F)F)c2)CC1. The normalized spacial score (nSPS) is 17.8. The van der Waals surface area contributed by atoms with Gasteiger partial charge in [0.1, 0.15) is 5.75 Å². The quantitative estimate of drug-likeness (QED) is 0.668. The molecular formula is C19H29F2NO. The summed E-state index contributed by atoms with van der Waals surface area (Å²) in [5.74, 6) is 2.02. The third-order valence-electron chi connectivity index (χ3n) is 5.19. The van der Waals surface area contributed by atoms with E-state index in [1.54, 1.807) is 6.07 Å². The van der Waals surface area contributed by atoms with Crippen LogP contribution in [0.5, 0.6) is 5.75 Å². The number of rotatable bonds is 6. The number of nitrogens with zero attached hydrogens (tertiary/aromatic N) is 1. The second kappa shape index (κ2) is 7.98. The van der Waals surface area contributed by atoms with E-state index in [1.165, 1.54) is 19.3 Å². The summed E-state index contributed by atoms with van der Waals surface area (Å²) >= 11 is 0. The number of halogens is 2. The molecule has 0 N–H and O–H groups in total. The zero-order valence-electron chi connectivity index (χ0n) is 14.7. The topological polar surface area (TPSA) is 12.5 Å². The van der Waals surface area contributed by atoms with Crippen molar-refractivity contribution in [3.63, 3.8) is 0 Å². The minimum absolute atomic E-state index is 0.161. The van der Waals surface area contributed by atoms with Gasteiger partial charge in [0.15, 0.2) is 0 Å². The van der Waals surface area contributed by atoms with Crippen LogP contribution in [0.2, 0.25) is 0 Å². The number of anilines is 1. The zero-order valence-corrected chi connectivity index (χ0v) is 14.7. The first-order valence-electron chi connectivity index (χ1n) is 8.76. The van der Waals surface area contributed by atoms with Gasteiger partial charge in [-0.2, -0.15) is 8.78 Å². The van der Waals surface area contributed by atoms with Gasteiger partial charge in [0, 0.05) is 24.8 Å². The van der Waals surface area contributed by atoms with E-state index < -0.39 is 6.61 Å². The molecule has 2 nitrogen and oxygen atoms in total. The second-order valence-electron chi connectivity index (χ2n) is 6.97. The molecule has 0 radical (unpaired) electrons. The standard InChI is InChI=1S/C19H29F2NO/c1-5-14(4)15-8-10-22(11-9-15)16-6-7-17(13(2)3)18(12-16)23-19(20)21/h6-7,12-15,19H,5,8-11H2,1-4H3. The number of benzene rings is 1. The van der Waals surface area contributed by atoms with Crippen molar-refractivity contribution < 1.29 is 13.5 Å². The third kappa shape index (κ3) is 4.58. The van der Waals surface area contributed by atoms with E-state index >= 15 is 0 Å². The van der Waals surface area contributed by atoms with Gasteiger partial charge >= 0.3 is 6.61 Å². The lowest BCUT2D eigenvalue weighted by atomic mass is 9.84. The highest BCUT2D eigenvalue weighted by molar-refractivity contribution is 5.54. The largest absolute Gasteiger partial charge is 0.434 e. The maximum absolute atomic E-state index is 12.7. The van der Waals surface area contributed by atoms with Gasteiger partial charge in [-0.15, -0.1) is 0 Å². The highest BCUT2D eigenvalue weighted by Crippen LogP contribution is 2.34. The van der Waals surface area contributed by atoms with Gasteiger partial charge in [0.05, 0.1) is 0 Å². The number of hydrogen-bond acceptors (Lipinski definition) is 2. The number of piperidine rings is 1. The number of alkyl halides is 2. The summed E-state index contributed by atoms with van der Waals surface area (Å²) in [5, 5.41) is 0.